The number of fused-ring (bicyclic) bond motifs is 1. The Bertz CT molecular complexity index is 1120. The van der Waals surface area contributed by atoms with Gasteiger partial charge in [-0.3, -0.25) is 0 Å². The maximum Gasteiger partial charge on any atom is 0.408 e. The summed E-state index contributed by atoms with van der Waals surface area (Å²) < 4.78 is 76.3. The van der Waals surface area contributed by atoms with Crippen LogP contribution in [-0.4, -0.2) is 63.9 Å². The van der Waals surface area contributed by atoms with Gasteiger partial charge >= 0.3 is 6.18 Å². The van der Waals surface area contributed by atoms with Crippen molar-refractivity contribution in [2.75, 3.05) is 32.6 Å². The number of hydrogen-bond donors (Lipinski definition) is 1. The van der Waals surface area contributed by atoms with Gasteiger partial charge in [0.05, 0.1) is 17.7 Å². The molecule has 3 aromatic rings. The van der Waals surface area contributed by atoms with Crippen LogP contribution in [0.15, 0.2) is 18.5 Å². The van der Waals surface area contributed by atoms with Crippen LogP contribution in [0.4, 0.5) is 27.8 Å². The van der Waals surface area contributed by atoms with Crippen LogP contribution in [0.25, 0.3) is 16.9 Å². The highest BCUT2D eigenvalue weighted by molar-refractivity contribution is 6.33. The summed E-state index contributed by atoms with van der Waals surface area (Å²) in [5.74, 6) is -2.99. The first-order valence-electron chi connectivity index (χ1n) is 9.99. The van der Waals surface area contributed by atoms with E-state index in [9.17, 15) is 17.6 Å². The van der Waals surface area contributed by atoms with Crippen LogP contribution >= 0.6 is 11.6 Å². The number of anilines is 1. The zero-order valence-electron chi connectivity index (χ0n) is 18.0. The molecule has 0 unspecified atom stereocenters. The third-order valence-corrected chi connectivity index (χ3v) is 5.06. The zero-order chi connectivity index (χ0) is 24.3. The van der Waals surface area contributed by atoms with Gasteiger partial charge in [-0.25, -0.2) is 8.78 Å². The summed E-state index contributed by atoms with van der Waals surface area (Å²) in [4.78, 5) is 9.70. The highest BCUT2D eigenvalue weighted by atomic mass is 35.5. The minimum atomic E-state index is -4.66. The third kappa shape index (κ3) is 5.61. The molecule has 2 heterocycles. The van der Waals surface area contributed by atoms with Crippen molar-refractivity contribution in [2.24, 2.45) is 0 Å². The van der Waals surface area contributed by atoms with Gasteiger partial charge in [-0.2, -0.15) is 32.8 Å². The first kappa shape index (κ1) is 24.9. The summed E-state index contributed by atoms with van der Waals surface area (Å²) in [6, 6.07) is -0.0304. The SMILES string of the molecule is C[C@H](Nc1c(-c2c(F)ccc(OCCCCN(C)C)c2F)c(Cl)nc2ncnn12)C(F)(F)F. The van der Waals surface area contributed by atoms with E-state index in [0.717, 1.165) is 42.9 Å². The van der Waals surface area contributed by atoms with Gasteiger partial charge in [0.2, 0.25) is 0 Å². The zero-order valence-corrected chi connectivity index (χ0v) is 18.8. The van der Waals surface area contributed by atoms with Gasteiger partial charge in [0, 0.05) is 0 Å². The van der Waals surface area contributed by atoms with Gasteiger partial charge in [-0.05, 0) is 52.5 Å². The molecule has 0 saturated heterocycles. The fourth-order valence-corrected chi connectivity index (χ4v) is 3.30. The molecule has 0 aliphatic rings. The van der Waals surface area contributed by atoms with Gasteiger partial charge in [0.25, 0.3) is 5.78 Å². The lowest BCUT2D eigenvalue weighted by molar-refractivity contribution is -0.138. The largest absolute Gasteiger partial charge is 0.490 e. The minimum Gasteiger partial charge on any atom is -0.490 e. The third-order valence-electron chi connectivity index (χ3n) is 4.79. The van der Waals surface area contributed by atoms with Crippen molar-refractivity contribution in [1.29, 1.82) is 0 Å². The Kier molecular flexibility index (Phi) is 7.58. The van der Waals surface area contributed by atoms with E-state index in [1.165, 1.54) is 0 Å². The van der Waals surface area contributed by atoms with E-state index in [-0.39, 0.29) is 18.1 Å². The summed E-state index contributed by atoms with van der Waals surface area (Å²) >= 11 is 6.18. The molecule has 0 bridgehead atoms. The van der Waals surface area contributed by atoms with Gasteiger partial charge < -0.3 is 15.0 Å². The highest BCUT2D eigenvalue weighted by Crippen LogP contribution is 2.40. The average Bonchev–Trinajstić information content (AvgIpc) is 3.18. The molecule has 0 saturated carbocycles. The van der Waals surface area contributed by atoms with Gasteiger partial charge in [0.15, 0.2) is 11.6 Å². The second kappa shape index (κ2) is 10.0. The maximum atomic E-state index is 15.4. The molecule has 13 heteroatoms. The van der Waals surface area contributed by atoms with Crippen molar-refractivity contribution in [2.45, 2.75) is 32.0 Å². The maximum absolute atomic E-state index is 15.4. The second-order valence-electron chi connectivity index (χ2n) is 7.60. The van der Waals surface area contributed by atoms with E-state index in [0.29, 0.717) is 6.42 Å². The van der Waals surface area contributed by atoms with Crippen LogP contribution in [-0.2, 0) is 0 Å². The second-order valence-corrected chi connectivity index (χ2v) is 7.96. The number of benzene rings is 1. The number of hydrogen-bond acceptors (Lipinski definition) is 6. The number of nitrogens with zero attached hydrogens (tertiary/aromatic N) is 5. The number of rotatable bonds is 9. The standard InChI is InChI=1S/C20H22ClF5N6O/c1-11(20(24,25)26)29-18-15(17(21)30-19-27-10-28-32(18)19)14-12(22)6-7-13(16(14)23)33-9-5-4-8-31(2)3/h6-7,10-11,29H,4-5,8-9H2,1-3H3/t11-/m0/s1. The van der Waals surface area contributed by atoms with Gasteiger partial charge in [-0.15, -0.1) is 0 Å². The lowest BCUT2D eigenvalue weighted by Gasteiger charge is -2.22. The summed E-state index contributed by atoms with van der Waals surface area (Å²) in [6.07, 6.45) is -2.21. The molecule has 0 fully saturated rings. The Labute approximate surface area is 191 Å². The van der Waals surface area contributed by atoms with E-state index in [2.05, 4.69) is 20.4 Å². The van der Waals surface area contributed by atoms with Crippen LogP contribution < -0.4 is 10.1 Å². The molecular formula is C20H22ClF5N6O. The van der Waals surface area contributed by atoms with Crippen LogP contribution in [0.5, 0.6) is 5.75 Å². The van der Waals surface area contributed by atoms with Crippen molar-refractivity contribution >= 4 is 23.2 Å². The summed E-state index contributed by atoms with van der Waals surface area (Å²) in [5.41, 5.74) is -1.12. The molecule has 0 aliphatic carbocycles. The van der Waals surface area contributed by atoms with Gasteiger partial charge in [0.1, 0.15) is 29.2 Å². The minimum absolute atomic E-state index is 0.144. The Morgan fingerprint density at radius 2 is 1.91 bits per heavy atom. The fourth-order valence-electron chi connectivity index (χ4n) is 3.04. The quantitative estimate of drug-likeness (QED) is 0.263. The fraction of sp³-hybridized carbons (Fsp3) is 0.450. The molecule has 0 radical (unpaired) electrons. The molecule has 2 aromatic heterocycles. The van der Waals surface area contributed by atoms with Crippen molar-refractivity contribution in [3.05, 3.63) is 35.2 Å². The molecule has 1 atom stereocenters. The summed E-state index contributed by atoms with van der Waals surface area (Å²) in [6.45, 7) is 1.83. The van der Waals surface area contributed by atoms with Crippen LogP contribution in [0.3, 0.4) is 0 Å². The molecule has 180 valence electrons. The molecule has 7 nitrogen and oxygen atoms in total. The first-order valence-corrected chi connectivity index (χ1v) is 10.4. The topological polar surface area (TPSA) is 67.6 Å². The van der Waals surface area contributed by atoms with E-state index in [1.54, 1.807) is 0 Å². The molecule has 0 aliphatic heterocycles. The van der Waals surface area contributed by atoms with Crippen LogP contribution in [0.2, 0.25) is 5.15 Å². The first-order chi connectivity index (χ1) is 15.5. The highest BCUT2D eigenvalue weighted by Gasteiger charge is 2.38. The Hall–Kier alpha value is -2.73. The van der Waals surface area contributed by atoms with Gasteiger partial charge in [-0.1, -0.05) is 11.6 Å². The Morgan fingerprint density at radius 3 is 2.58 bits per heavy atom. The monoisotopic (exact) mass is 492 g/mol. The molecule has 1 N–H and O–H groups in total. The summed E-state index contributed by atoms with van der Waals surface area (Å²) in [5, 5.41) is 5.57. The number of aromatic nitrogens is 4. The van der Waals surface area contributed by atoms with Crippen LogP contribution in [0, 0.1) is 11.6 Å². The predicted octanol–water partition coefficient (Wildman–Crippen LogP) is 4.81. The predicted molar refractivity (Wildman–Crippen MR) is 114 cm³/mol. The Morgan fingerprint density at radius 1 is 1.18 bits per heavy atom. The van der Waals surface area contributed by atoms with Crippen molar-refractivity contribution in [3.8, 4) is 16.9 Å². The molecule has 1 aromatic carbocycles. The van der Waals surface area contributed by atoms with E-state index >= 15 is 4.39 Å². The molecule has 0 amide bonds. The molecule has 3 rings (SSSR count). The van der Waals surface area contributed by atoms with E-state index < -0.39 is 46.0 Å². The van der Waals surface area contributed by atoms with Crippen molar-refractivity contribution in [3.63, 3.8) is 0 Å². The number of halogens is 6. The average molecular weight is 493 g/mol. The molecule has 33 heavy (non-hydrogen) atoms. The van der Waals surface area contributed by atoms with E-state index in [1.807, 2.05) is 19.0 Å². The van der Waals surface area contributed by atoms with E-state index in [4.69, 9.17) is 16.3 Å². The number of ether oxygens (including phenoxy) is 1. The number of alkyl halides is 3. The lowest BCUT2D eigenvalue weighted by Crippen LogP contribution is -2.34. The van der Waals surface area contributed by atoms with Crippen LogP contribution in [0.1, 0.15) is 19.8 Å². The lowest BCUT2D eigenvalue weighted by atomic mass is 10.1. The number of nitrogens with one attached hydrogen (secondary N) is 1. The molecular weight excluding hydrogens is 471 g/mol. The Balaban J connectivity index is 2.05. The summed E-state index contributed by atoms with van der Waals surface area (Å²) in [7, 11) is 3.84. The normalized spacial score (nSPS) is 13.0. The smallest absolute Gasteiger partial charge is 0.408 e. The van der Waals surface area contributed by atoms with Crippen molar-refractivity contribution < 1.29 is 26.7 Å². The molecule has 0 spiro atoms. The van der Waals surface area contributed by atoms with Crippen molar-refractivity contribution in [1.82, 2.24) is 24.5 Å². The number of unbranched alkanes of at least 4 members (excludes halogenated alkanes) is 1.